The van der Waals surface area contributed by atoms with Crippen molar-refractivity contribution in [1.29, 1.82) is 0 Å². The Morgan fingerprint density at radius 2 is 1.87 bits per heavy atom. The van der Waals surface area contributed by atoms with Crippen LogP contribution in [-0.2, 0) is 4.79 Å². The molecule has 0 fully saturated rings. The summed E-state index contributed by atoms with van der Waals surface area (Å²) in [6.07, 6.45) is 0.465. The van der Waals surface area contributed by atoms with Crippen LogP contribution in [-0.4, -0.2) is 37.7 Å². The molecule has 1 heterocycles. The lowest BCUT2D eigenvalue weighted by Crippen LogP contribution is -2.29. The van der Waals surface area contributed by atoms with Crippen molar-refractivity contribution in [3.63, 3.8) is 0 Å². The summed E-state index contributed by atoms with van der Waals surface area (Å²) < 4.78 is 38.0. The second-order valence-corrected chi connectivity index (χ2v) is 4.88. The first-order valence-corrected chi connectivity index (χ1v) is 7.19. The fourth-order valence-corrected chi connectivity index (χ4v) is 1.92. The van der Waals surface area contributed by atoms with E-state index in [2.05, 4.69) is 13.8 Å². The summed E-state index contributed by atoms with van der Waals surface area (Å²) in [4.78, 5) is 11.0. The van der Waals surface area contributed by atoms with Crippen molar-refractivity contribution >= 4 is 12.0 Å². The number of alkyl halides is 3. The maximum Gasteiger partial charge on any atom is 0.335 e. The van der Waals surface area contributed by atoms with E-state index in [1.54, 1.807) is 0 Å². The predicted octanol–water partition coefficient (Wildman–Crippen LogP) is 4.57. The third kappa shape index (κ3) is 5.96. The number of hydrogen-bond acceptors (Lipinski definition) is 2. The highest BCUT2D eigenvalue weighted by atomic mass is 19.1. The van der Waals surface area contributed by atoms with Crippen LogP contribution in [0, 0.1) is 0 Å². The Labute approximate surface area is 134 Å². The molecule has 1 aliphatic heterocycles. The van der Waals surface area contributed by atoms with E-state index < -0.39 is 18.7 Å². The van der Waals surface area contributed by atoms with Crippen molar-refractivity contribution in [2.45, 2.75) is 32.8 Å². The number of ether oxygens (including phenoxy) is 1. The van der Waals surface area contributed by atoms with Crippen LogP contribution in [0.3, 0.4) is 0 Å². The number of fused-ring (bicyclic) bond motifs is 1. The average molecular weight is 332 g/mol. The molecule has 0 spiro atoms. The topological polar surface area (TPSA) is 46.5 Å². The quantitative estimate of drug-likeness (QED) is 0.882. The number of carbonyl (C=O) groups is 1. The molecule has 1 aromatic carbocycles. The van der Waals surface area contributed by atoms with Crippen molar-refractivity contribution < 1.29 is 27.8 Å². The molecular formula is C17H23F3O3. The summed E-state index contributed by atoms with van der Waals surface area (Å²) in [6.45, 7) is 4.47. The largest absolute Gasteiger partial charge is 0.482 e. The number of rotatable bonds is 3. The number of aliphatic carboxylic acids is 1. The Bertz CT molecular complexity index is 528. The van der Waals surface area contributed by atoms with Gasteiger partial charge in [0.1, 0.15) is 12.4 Å². The number of carboxylic acids is 1. The fraction of sp³-hybridized carbons (Fsp3) is 0.471. The average Bonchev–Trinajstić information content (AvgIpc) is 2.55. The minimum atomic E-state index is -1.14. The Morgan fingerprint density at radius 3 is 2.30 bits per heavy atom. The second kappa shape index (κ2) is 10.7. The van der Waals surface area contributed by atoms with Crippen LogP contribution in [0.1, 0.15) is 37.8 Å². The van der Waals surface area contributed by atoms with Gasteiger partial charge in [-0.3, -0.25) is 8.78 Å². The maximum atomic E-state index is 12.8. The normalized spacial score (nSPS) is 15.1. The second-order valence-electron chi connectivity index (χ2n) is 4.88. The van der Waals surface area contributed by atoms with Crippen LogP contribution >= 0.6 is 0 Å². The third-order valence-corrected chi connectivity index (χ3v) is 3.02. The minimum absolute atomic E-state index is 0.0395. The molecular weight excluding hydrogens is 309 g/mol. The molecule has 0 aromatic heterocycles. The van der Waals surface area contributed by atoms with Crippen LogP contribution in [0.4, 0.5) is 13.2 Å². The van der Waals surface area contributed by atoms with Crippen molar-refractivity contribution in [1.82, 2.24) is 0 Å². The highest BCUT2D eigenvalue weighted by Gasteiger charge is 2.27. The molecule has 0 aliphatic carbocycles. The van der Waals surface area contributed by atoms with Crippen molar-refractivity contribution in [3.05, 3.63) is 34.9 Å². The summed E-state index contributed by atoms with van der Waals surface area (Å²) in [5, 5.41) is 8.99. The Balaban J connectivity index is 0.000000868. The molecule has 1 unspecified atom stereocenters. The molecule has 6 heteroatoms. The highest BCUT2D eigenvalue weighted by molar-refractivity contribution is 5.94. The standard InChI is InChI=1S/C14H15FO3.C2H5F.CH3F/c1-8(2)9-3-4-10-5-11(14(16)17)13(7-15)18-12(10)6-9;1-2-3;1-2/h3-6,8,13H,7H2,1-2H3,(H,16,17);2H2,1H3;1H3. The molecule has 0 amide bonds. The van der Waals surface area contributed by atoms with Gasteiger partial charge in [0.15, 0.2) is 6.10 Å². The molecule has 2 rings (SSSR count). The number of benzene rings is 1. The summed E-state index contributed by atoms with van der Waals surface area (Å²) >= 11 is 0. The van der Waals surface area contributed by atoms with Crippen LogP contribution in [0.25, 0.3) is 6.08 Å². The van der Waals surface area contributed by atoms with Gasteiger partial charge in [-0.25, -0.2) is 9.18 Å². The molecule has 0 saturated carbocycles. The molecule has 0 bridgehead atoms. The minimum Gasteiger partial charge on any atom is -0.482 e. The number of halogens is 3. The lowest BCUT2D eigenvalue weighted by atomic mass is 9.97. The summed E-state index contributed by atoms with van der Waals surface area (Å²) in [7, 11) is 0.500. The third-order valence-electron chi connectivity index (χ3n) is 3.02. The summed E-state index contributed by atoms with van der Waals surface area (Å²) in [5.74, 6) is -0.252. The molecule has 3 nitrogen and oxygen atoms in total. The smallest absolute Gasteiger partial charge is 0.335 e. The van der Waals surface area contributed by atoms with E-state index in [0.29, 0.717) is 24.4 Å². The van der Waals surface area contributed by atoms with Crippen LogP contribution in [0.2, 0.25) is 0 Å². The zero-order chi connectivity index (χ0) is 18.0. The van der Waals surface area contributed by atoms with E-state index in [0.717, 1.165) is 5.56 Å². The number of carboxylic acid groups (broad SMARTS) is 1. The fourth-order valence-electron chi connectivity index (χ4n) is 1.92. The Morgan fingerprint density at radius 1 is 1.30 bits per heavy atom. The van der Waals surface area contributed by atoms with Crippen molar-refractivity contribution in [2.24, 2.45) is 0 Å². The monoisotopic (exact) mass is 332 g/mol. The van der Waals surface area contributed by atoms with E-state index in [1.165, 1.54) is 13.0 Å². The van der Waals surface area contributed by atoms with E-state index in [9.17, 15) is 18.0 Å². The van der Waals surface area contributed by atoms with E-state index >= 15 is 0 Å². The van der Waals surface area contributed by atoms with Crippen molar-refractivity contribution in [2.75, 3.05) is 20.5 Å². The molecule has 1 aromatic rings. The zero-order valence-corrected chi connectivity index (χ0v) is 13.8. The zero-order valence-electron chi connectivity index (χ0n) is 13.8. The van der Waals surface area contributed by atoms with E-state index in [-0.39, 0.29) is 12.2 Å². The number of hydrogen-bond donors (Lipinski definition) is 1. The van der Waals surface area contributed by atoms with Gasteiger partial charge in [-0.15, -0.1) is 0 Å². The van der Waals surface area contributed by atoms with Gasteiger partial charge in [-0.05, 0) is 30.5 Å². The highest BCUT2D eigenvalue weighted by Crippen LogP contribution is 2.32. The molecule has 23 heavy (non-hydrogen) atoms. The van der Waals surface area contributed by atoms with Gasteiger partial charge in [-0.1, -0.05) is 26.0 Å². The molecule has 0 radical (unpaired) electrons. The van der Waals surface area contributed by atoms with Gasteiger partial charge < -0.3 is 9.84 Å². The van der Waals surface area contributed by atoms with E-state index in [4.69, 9.17) is 9.84 Å². The molecule has 130 valence electrons. The van der Waals surface area contributed by atoms with E-state index in [1.807, 2.05) is 18.2 Å². The van der Waals surface area contributed by atoms with Crippen LogP contribution < -0.4 is 4.74 Å². The SMILES string of the molecule is CC(C)c1ccc2c(c1)OC(CF)C(C(=O)O)=C2.CCF.CF. The molecule has 1 aliphatic rings. The first-order valence-electron chi connectivity index (χ1n) is 7.19. The first kappa shape index (κ1) is 21.0. The van der Waals surface area contributed by atoms with Gasteiger partial charge >= 0.3 is 5.97 Å². The van der Waals surface area contributed by atoms with Gasteiger partial charge in [0.2, 0.25) is 0 Å². The predicted molar refractivity (Wildman–Crippen MR) is 85.2 cm³/mol. The summed E-state index contributed by atoms with van der Waals surface area (Å²) in [5.41, 5.74) is 1.72. The van der Waals surface area contributed by atoms with Crippen LogP contribution in [0.15, 0.2) is 23.8 Å². The molecule has 0 saturated heterocycles. The van der Waals surface area contributed by atoms with Gasteiger partial charge in [0.25, 0.3) is 0 Å². The first-order chi connectivity index (χ1) is 10.9. The lowest BCUT2D eigenvalue weighted by molar-refractivity contribution is -0.133. The van der Waals surface area contributed by atoms with Gasteiger partial charge in [0, 0.05) is 5.56 Å². The van der Waals surface area contributed by atoms with Crippen molar-refractivity contribution in [3.8, 4) is 5.75 Å². The van der Waals surface area contributed by atoms with Gasteiger partial charge in [-0.2, -0.15) is 0 Å². The Kier molecular flexibility index (Phi) is 9.78. The Hall–Kier alpha value is -1.98. The molecule has 1 atom stereocenters. The van der Waals surface area contributed by atoms with Crippen LogP contribution in [0.5, 0.6) is 5.75 Å². The van der Waals surface area contributed by atoms with Gasteiger partial charge in [0.05, 0.1) is 19.4 Å². The summed E-state index contributed by atoms with van der Waals surface area (Å²) in [6, 6.07) is 5.58. The lowest BCUT2D eigenvalue weighted by Gasteiger charge is -2.24. The molecule has 1 N–H and O–H groups in total. The maximum absolute atomic E-state index is 12.8.